The number of halogens is 1. The van der Waals surface area contributed by atoms with Crippen molar-refractivity contribution in [1.29, 1.82) is 0 Å². The summed E-state index contributed by atoms with van der Waals surface area (Å²) < 4.78 is 19.1. The molecule has 0 saturated carbocycles. The quantitative estimate of drug-likeness (QED) is 0.733. The minimum Gasteiger partial charge on any atom is -0.494 e. The molecule has 0 heterocycles. The van der Waals surface area contributed by atoms with Crippen LogP contribution >= 0.6 is 0 Å². The van der Waals surface area contributed by atoms with E-state index in [0.717, 1.165) is 37.8 Å². The number of nitrogens with one attached hydrogen (secondary N) is 1. The first-order valence-corrected chi connectivity index (χ1v) is 7.63. The fourth-order valence-electron chi connectivity index (χ4n) is 2.46. The Kier molecular flexibility index (Phi) is 7.60. The average molecular weight is 281 g/mol. The zero-order valence-electron chi connectivity index (χ0n) is 13.2. The van der Waals surface area contributed by atoms with Gasteiger partial charge in [-0.25, -0.2) is 4.39 Å². The van der Waals surface area contributed by atoms with E-state index in [2.05, 4.69) is 26.1 Å². The average Bonchev–Trinajstić information content (AvgIpc) is 2.42. The van der Waals surface area contributed by atoms with Crippen molar-refractivity contribution < 1.29 is 9.13 Å². The molecule has 1 aromatic carbocycles. The smallest absolute Gasteiger partial charge is 0.168 e. The Morgan fingerprint density at radius 3 is 2.65 bits per heavy atom. The van der Waals surface area contributed by atoms with Crippen molar-refractivity contribution >= 4 is 0 Å². The maximum absolute atomic E-state index is 14.1. The van der Waals surface area contributed by atoms with Gasteiger partial charge in [0.15, 0.2) is 11.6 Å². The molecule has 0 spiro atoms. The fourth-order valence-corrected chi connectivity index (χ4v) is 2.46. The van der Waals surface area contributed by atoms with Gasteiger partial charge < -0.3 is 10.1 Å². The van der Waals surface area contributed by atoms with Crippen molar-refractivity contribution in [2.75, 3.05) is 13.7 Å². The molecule has 0 radical (unpaired) electrons. The molecule has 1 aromatic rings. The van der Waals surface area contributed by atoms with Gasteiger partial charge in [0.05, 0.1) is 7.11 Å². The van der Waals surface area contributed by atoms with Crippen LogP contribution in [0, 0.1) is 11.7 Å². The third-order valence-corrected chi connectivity index (χ3v) is 3.46. The van der Waals surface area contributed by atoms with Crippen LogP contribution in [-0.2, 0) is 6.42 Å². The molecule has 3 heteroatoms. The Balaban J connectivity index is 2.61. The first-order chi connectivity index (χ1) is 9.58. The lowest BCUT2D eigenvalue weighted by Crippen LogP contribution is -2.31. The van der Waals surface area contributed by atoms with E-state index < -0.39 is 0 Å². The van der Waals surface area contributed by atoms with Gasteiger partial charge in [-0.3, -0.25) is 0 Å². The van der Waals surface area contributed by atoms with E-state index in [4.69, 9.17) is 4.74 Å². The maximum Gasteiger partial charge on any atom is 0.168 e. The van der Waals surface area contributed by atoms with Gasteiger partial charge in [-0.1, -0.05) is 32.9 Å². The van der Waals surface area contributed by atoms with Crippen LogP contribution in [0.25, 0.3) is 0 Å². The van der Waals surface area contributed by atoms with Gasteiger partial charge in [0.2, 0.25) is 0 Å². The number of hydrogen-bond donors (Lipinski definition) is 1. The van der Waals surface area contributed by atoms with E-state index in [-0.39, 0.29) is 5.82 Å². The number of ether oxygens (including phenoxy) is 1. The van der Waals surface area contributed by atoms with Crippen LogP contribution in [0.15, 0.2) is 18.2 Å². The molecule has 0 aromatic heterocycles. The highest BCUT2D eigenvalue weighted by Crippen LogP contribution is 2.22. The van der Waals surface area contributed by atoms with Gasteiger partial charge in [-0.2, -0.15) is 0 Å². The van der Waals surface area contributed by atoms with Crippen LogP contribution in [0.5, 0.6) is 5.75 Å². The van der Waals surface area contributed by atoms with Crippen molar-refractivity contribution in [3.8, 4) is 5.75 Å². The monoisotopic (exact) mass is 281 g/mol. The third kappa shape index (κ3) is 5.49. The van der Waals surface area contributed by atoms with Crippen LogP contribution in [0.3, 0.4) is 0 Å². The summed E-state index contributed by atoms with van der Waals surface area (Å²) in [6, 6.07) is 5.83. The Hall–Kier alpha value is -1.09. The fraction of sp³-hybridized carbons (Fsp3) is 0.647. The topological polar surface area (TPSA) is 21.3 Å². The summed E-state index contributed by atoms with van der Waals surface area (Å²) >= 11 is 0. The molecule has 1 unspecified atom stereocenters. The van der Waals surface area contributed by atoms with E-state index in [9.17, 15) is 4.39 Å². The number of benzene rings is 1. The first-order valence-electron chi connectivity index (χ1n) is 7.63. The first kappa shape index (κ1) is 17.0. The minimum atomic E-state index is -0.214. The second-order valence-corrected chi connectivity index (χ2v) is 5.75. The molecule has 1 rings (SSSR count). The summed E-state index contributed by atoms with van der Waals surface area (Å²) in [7, 11) is 1.51. The largest absolute Gasteiger partial charge is 0.494 e. The van der Waals surface area contributed by atoms with Crippen LogP contribution < -0.4 is 10.1 Å². The second-order valence-electron chi connectivity index (χ2n) is 5.75. The van der Waals surface area contributed by atoms with Crippen LogP contribution in [0.4, 0.5) is 4.39 Å². The molecular weight excluding hydrogens is 253 g/mol. The van der Waals surface area contributed by atoms with Gasteiger partial charge in [-0.05, 0) is 49.8 Å². The molecule has 2 nitrogen and oxygen atoms in total. The summed E-state index contributed by atoms with van der Waals surface area (Å²) in [5.74, 6) is 0.776. The highest BCUT2D eigenvalue weighted by Gasteiger charge is 2.13. The Morgan fingerprint density at radius 2 is 2.05 bits per heavy atom. The maximum atomic E-state index is 14.1. The van der Waals surface area contributed by atoms with Crippen LogP contribution in [-0.4, -0.2) is 19.7 Å². The van der Waals surface area contributed by atoms with Gasteiger partial charge in [-0.15, -0.1) is 0 Å². The van der Waals surface area contributed by atoms with Gasteiger partial charge in [0, 0.05) is 6.04 Å². The summed E-state index contributed by atoms with van der Waals surface area (Å²) in [4.78, 5) is 0. The number of methoxy groups -OCH3 is 1. The van der Waals surface area contributed by atoms with Crippen molar-refractivity contribution in [2.24, 2.45) is 5.92 Å². The zero-order chi connectivity index (χ0) is 15.0. The van der Waals surface area contributed by atoms with Crippen molar-refractivity contribution in [3.63, 3.8) is 0 Å². The van der Waals surface area contributed by atoms with E-state index >= 15 is 0 Å². The highest BCUT2D eigenvalue weighted by atomic mass is 19.1. The standard InChI is InChI=1S/C17H28FNO/c1-5-11-19-15(12-13(2)3)10-9-14-7-6-8-16(20-4)17(14)18/h6-8,13,15,19H,5,9-12H2,1-4H3. The number of aryl methyl sites for hydroxylation is 1. The van der Waals surface area contributed by atoms with Crippen molar-refractivity contribution in [2.45, 2.75) is 52.5 Å². The molecule has 20 heavy (non-hydrogen) atoms. The molecule has 0 aliphatic rings. The van der Waals surface area contributed by atoms with Crippen molar-refractivity contribution in [1.82, 2.24) is 5.32 Å². The SMILES string of the molecule is CCCNC(CCc1cccc(OC)c1F)CC(C)C. The third-order valence-electron chi connectivity index (χ3n) is 3.46. The molecule has 0 bridgehead atoms. The molecule has 1 N–H and O–H groups in total. The lowest BCUT2D eigenvalue weighted by Gasteiger charge is -2.20. The van der Waals surface area contributed by atoms with Crippen molar-refractivity contribution in [3.05, 3.63) is 29.6 Å². The molecular formula is C17H28FNO. The van der Waals surface area contributed by atoms with E-state index in [1.165, 1.54) is 7.11 Å². The molecule has 114 valence electrons. The van der Waals surface area contributed by atoms with Crippen LogP contribution in [0.1, 0.15) is 45.6 Å². The molecule has 0 fully saturated rings. The summed E-state index contributed by atoms with van der Waals surface area (Å²) in [6.07, 6.45) is 3.97. The predicted molar refractivity (Wildman–Crippen MR) is 82.8 cm³/mol. The van der Waals surface area contributed by atoms with E-state index in [1.54, 1.807) is 6.07 Å². The van der Waals surface area contributed by atoms with Gasteiger partial charge in [0.1, 0.15) is 0 Å². The van der Waals surface area contributed by atoms with Gasteiger partial charge in [0.25, 0.3) is 0 Å². The molecule has 0 amide bonds. The number of hydrogen-bond acceptors (Lipinski definition) is 2. The van der Waals surface area contributed by atoms with Gasteiger partial charge >= 0.3 is 0 Å². The summed E-state index contributed by atoms with van der Waals surface area (Å²) in [5.41, 5.74) is 0.747. The molecule has 0 aliphatic heterocycles. The molecule has 0 aliphatic carbocycles. The number of rotatable bonds is 9. The normalized spacial score (nSPS) is 12.7. The zero-order valence-corrected chi connectivity index (χ0v) is 13.2. The summed E-state index contributed by atoms with van der Waals surface area (Å²) in [6.45, 7) is 7.65. The van der Waals surface area contributed by atoms with E-state index in [1.807, 2.05) is 12.1 Å². The summed E-state index contributed by atoms with van der Waals surface area (Å²) in [5, 5.41) is 3.57. The Labute approximate surface area is 122 Å². The molecule has 1 atom stereocenters. The minimum absolute atomic E-state index is 0.214. The Bertz CT molecular complexity index is 393. The van der Waals surface area contributed by atoms with E-state index in [0.29, 0.717) is 17.7 Å². The predicted octanol–water partition coefficient (Wildman–Crippen LogP) is 4.18. The lowest BCUT2D eigenvalue weighted by molar-refractivity contribution is 0.378. The van der Waals surface area contributed by atoms with Crippen LogP contribution in [0.2, 0.25) is 0 Å². The second kappa shape index (κ2) is 8.96. The lowest BCUT2D eigenvalue weighted by atomic mass is 9.97. The Morgan fingerprint density at radius 1 is 1.30 bits per heavy atom. The highest BCUT2D eigenvalue weighted by molar-refractivity contribution is 5.31. The molecule has 0 saturated heterocycles.